The average Bonchev–Trinajstić information content (AvgIpc) is 2.09. The minimum atomic E-state index is -0.696. The summed E-state index contributed by atoms with van der Waals surface area (Å²) in [6, 6.07) is 5.73. The van der Waals surface area contributed by atoms with Crippen LogP contribution in [0.3, 0.4) is 0 Å². The molecule has 1 aromatic carbocycles. The molecule has 15 heavy (non-hydrogen) atoms. The molecule has 0 aliphatic carbocycles. The number of aliphatic hydroxyl groups is 1. The van der Waals surface area contributed by atoms with Gasteiger partial charge in [-0.3, -0.25) is 0 Å². The highest BCUT2D eigenvalue weighted by Gasteiger charge is 2.11. The maximum Gasteiger partial charge on any atom is 0.0715 e. The minimum absolute atomic E-state index is 0.538. The largest absolute Gasteiger partial charge is 0.389 e. The highest BCUT2D eigenvalue weighted by Crippen LogP contribution is 2.20. The van der Waals surface area contributed by atoms with E-state index in [1.54, 1.807) is 13.8 Å². The van der Waals surface area contributed by atoms with Gasteiger partial charge in [-0.1, -0.05) is 27.5 Å². The van der Waals surface area contributed by atoms with Crippen LogP contribution in [0, 0.1) is 0 Å². The molecule has 0 saturated heterocycles. The van der Waals surface area contributed by atoms with Crippen molar-refractivity contribution in [3.8, 4) is 0 Å². The van der Waals surface area contributed by atoms with Gasteiger partial charge in [0.2, 0.25) is 0 Å². The second-order valence-corrected chi connectivity index (χ2v) is 5.47. The number of benzene rings is 1. The summed E-state index contributed by atoms with van der Waals surface area (Å²) >= 11 is 9.41. The molecule has 0 atom stereocenters. The van der Waals surface area contributed by atoms with Gasteiger partial charge < -0.3 is 10.4 Å². The van der Waals surface area contributed by atoms with Gasteiger partial charge in [-0.15, -0.1) is 0 Å². The van der Waals surface area contributed by atoms with Crippen LogP contribution in [0.25, 0.3) is 0 Å². The Morgan fingerprint density at radius 1 is 1.47 bits per heavy atom. The summed E-state index contributed by atoms with van der Waals surface area (Å²) in [5.41, 5.74) is 0.327. The third-order valence-electron chi connectivity index (χ3n) is 1.88. The summed E-state index contributed by atoms with van der Waals surface area (Å²) in [5.74, 6) is 0. The van der Waals surface area contributed by atoms with Crippen molar-refractivity contribution in [1.29, 1.82) is 0 Å². The number of rotatable bonds is 4. The lowest BCUT2D eigenvalue weighted by atomic mass is 10.1. The first-order chi connectivity index (χ1) is 6.88. The summed E-state index contributed by atoms with van der Waals surface area (Å²) in [4.78, 5) is 0. The molecule has 84 valence electrons. The Morgan fingerprint density at radius 2 is 2.13 bits per heavy atom. The van der Waals surface area contributed by atoms with Crippen LogP contribution in [0.1, 0.15) is 19.4 Å². The van der Waals surface area contributed by atoms with Crippen molar-refractivity contribution in [2.24, 2.45) is 0 Å². The quantitative estimate of drug-likeness (QED) is 0.894. The number of hydrogen-bond donors (Lipinski definition) is 2. The van der Waals surface area contributed by atoms with Crippen molar-refractivity contribution in [2.75, 3.05) is 6.54 Å². The van der Waals surface area contributed by atoms with Gasteiger partial charge in [-0.05, 0) is 37.6 Å². The molecule has 0 heterocycles. The zero-order chi connectivity index (χ0) is 11.5. The molecular weight excluding hydrogens is 277 g/mol. The van der Waals surface area contributed by atoms with Crippen molar-refractivity contribution in [2.45, 2.75) is 26.0 Å². The molecule has 0 unspecified atom stereocenters. The lowest BCUT2D eigenvalue weighted by Crippen LogP contribution is -2.34. The van der Waals surface area contributed by atoms with E-state index in [0.717, 1.165) is 15.1 Å². The molecule has 0 aromatic heterocycles. The van der Waals surface area contributed by atoms with Crippen molar-refractivity contribution < 1.29 is 5.11 Å². The van der Waals surface area contributed by atoms with Crippen LogP contribution in [0.4, 0.5) is 0 Å². The molecule has 0 amide bonds. The average molecular weight is 293 g/mol. The number of halogens is 2. The first kappa shape index (κ1) is 13.0. The Labute approximate surface area is 104 Å². The van der Waals surface area contributed by atoms with E-state index < -0.39 is 5.60 Å². The normalized spacial score (nSPS) is 11.8. The van der Waals surface area contributed by atoms with E-state index in [1.807, 2.05) is 18.2 Å². The highest BCUT2D eigenvalue weighted by molar-refractivity contribution is 9.10. The fourth-order valence-electron chi connectivity index (χ4n) is 1.18. The summed E-state index contributed by atoms with van der Waals surface area (Å²) in [6.45, 7) is 4.73. The van der Waals surface area contributed by atoms with E-state index in [9.17, 15) is 5.11 Å². The predicted octanol–water partition coefficient (Wildman–Crippen LogP) is 2.96. The Bertz CT molecular complexity index is 336. The van der Waals surface area contributed by atoms with E-state index in [4.69, 9.17) is 11.6 Å². The van der Waals surface area contributed by atoms with Gasteiger partial charge in [0, 0.05) is 22.6 Å². The lowest BCUT2D eigenvalue weighted by molar-refractivity contribution is 0.0795. The van der Waals surface area contributed by atoms with E-state index in [0.29, 0.717) is 13.1 Å². The second kappa shape index (κ2) is 5.30. The number of nitrogens with one attached hydrogen (secondary N) is 1. The van der Waals surface area contributed by atoms with Crippen LogP contribution in [0.2, 0.25) is 5.02 Å². The fourth-order valence-corrected chi connectivity index (χ4v) is 1.77. The van der Waals surface area contributed by atoms with Crippen LogP contribution in [0.5, 0.6) is 0 Å². The molecule has 1 rings (SSSR count). The standard InChI is InChI=1S/C11H15BrClNO/c1-11(2,15)7-14-6-8-5-9(12)3-4-10(8)13/h3-5,14-15H,6-7H2,1-2H3. The summed E-state index contributed by atoms with van der Waals surface area (Å²) in [5, 5.41) is 13.4. The summed E-state index contributed by atoms with van der Waals surface area (Å²) in [6.07, 6.45) is 0. The SMILES string of the molecule is CC(C)(O)CNCc1cc(Br)ccc1Cl. The molecular formula is C11H15BrClNO. The van der Waals surface area contributed by atoms with Crippen LogP contribution in [-0.4, -0.2) is 17.3 Å². The maximum absolute atomic E-state index is 9.51. The molecule has 2 N–H and O–H groups in total. The van der Waals surface area contributed by atoms with Gasteiger partial charge in [-0.25, -0.2) is 0 Å². The van der Waals surface area contributed by atoms with Gasteiger partial charge in [0.05, 0.1) is 5.60 Å². The molecule has 1 aromatic rings. The van der Waals surface area contributed by atoms with Crippen molar-refractivity contribution in [1.82, 2.24) is 5.32 Å². The Morgan fingerprint density at radius 3 is 2.73 bits per heavy atom. The monoisotopic (exact) mass is 291 g/mol. The third-order valence-corrected chi connectivity index (χ3v) is 2.74. The Kier molecular flexibility index (Phi) is 4.59. The van der Waals surface area contributed by atoms with Crippen LogP contribution < -0.4 is 5.32 Å². The van der Waals surface area contributed by atoms with E-state index >= 15 is 0 Å². The lowest BCUT2D eigenvalue weighted by Gasteiger charge is -2.18. The van der Waals surface area contributed by atoms with Gasteiger partial charge >= 0.3 is 0 Å². The van der Waals surface area contributed by atoms with Gasteiger partial charge in [0.25, 0.3) is 0 Å². The topological polar surface area (TPSA) is 32.3 Å². The smallest absolute Gasteiger partial charge is 0.0715 e. The predicted molar refractivity (Wildman–Crippen MR) is 67.2 cm³/mol. The molecule has 0 fully saturated rings. The van der Waals surface area contributed by atoms with Crippen molar-refractivity contribution >= 4 is 27.5 Å². The van der Waals surface area contributed by atoms with E-state index in [2.05, 4.69) is 21.2 Å². The first-order valence-corrected chi connectivity index (χ1v) is 5.92. The van der Waals surface area contributed by atoms with Crippen molar-refractivity contribution in [3.63, 3.8) is 0 Å². The number of hydrogen-bond acceptors (Lipinski definition) is 2. The van der Waals surface area contributed by atoms with Gasteiger partial charge in [0.15, 0.2) is 0 Å². The molecule has 4 heteroatoms. The highest BCUT2D eigenvalue weighted by atomic mass is 79.9. The van der Waals surface area contributed by atoms with E-state index in [-0.39, 0.29) is 0 Å². The summed E-state index contributed by atoms with van der Waals surface area (Å²) < 4.78 is 1.01. The zero-order valence-electron chi connectivity index (χ0n) is 8.85. The van der Waals surface area contributed by atoms with Gasteiger partial charge in [-0.2, -0.15) is 0 Å². The van der Waals surface area contributed by atoms with Crippen LogP contribution in [0.15, 0.2) is 22.7 Å². The molecule has 0 radical (unpaired) electrons. The van der Waals surface area contributed by atoms with Crippen LogP contribution in [-0.2, 0) is 6.54 Å². The van der Waals surface area contributed by atoms with Crippen molar-refractivity contribution in [3.05, 3.63) is 33.3 Å². The van der Waals surface area contributed by atoms with Crippen LogP contribution >= 0.6 is 27.5 Å². The molecule has 0 aliphatic rings. The first-order valence-electron chi connectivity index (χ1n) is 4.75. The summed E-state index contributed by atoms with van der Waals surface area (Å²) in [7, 11) is 0. The Balaban J connectivity index is 2.54. The van der Waals surface area contributed by atoms with Gasteiger partial charge in [0.1, 0.15) is 0 Å². The minimum Gasteiger partial charge on any atom is -0.389 e. The zero-order valence-corrected chi connectivity index (χ0v) is 11.2. The molecule has 0 spiro atoms. The molecule has 0 bridgehead atoms. The maximum atomic E-state index is 9.51. The molecule has 0 aliphatic heterocycles. The molecule has 2 nitrogen and oxygen atoms in total. The third kappa shape index (κ3) is 4.98. The second-order valence-electron chi connectivity index (χ2n) is 4.15. The van der Waals surface area contributed by atoms with E-state index in [1.165, 1.54) is 0 Å². The molecule has 0 saturated carbocycles. The fraction of sp³-hybridized carbons (Fsp3) is 0.455. The Hall–Kier alpha value is -0.0900.